The van der Waals surface area contributed by atoms with E-state index in [0.717, 1.165) is 18.8 Å². The van der Waals surface area contributed by atoms with Crippen LogP contribution in [-0.4, -0.2) is 16.5 Å². The summed E-state index contributed by atoms with van der Waals surface area (Å²) in [4.78, 5) is 7.63. The van der Waals surface area contributed by atoms with Gasteiger partial charge in [0.2, 0.25) is 0 Å². The highest BCUT2D eigenvalue weighted by Gasteiger charge is 2.15. The molecule has 2 N–H and O–H groups in total. The maximum atomic E-state index is 4.41. The first-order valence-corrected chi connectivity index (χ1v) is 7.10. The summed E-state index contributed by atoms with van der Waals surface area (Å²) in [6.45, 7) is 3.14. The third-order valence-electron chi connectivity index (χ3n) is 3.50. The average Bonchev–Trinajstić information content (AvgIpc) is 3.02. The van der Waals surface area contributed by atoms with Gasteiger partial charge in [-0.15, -0.1) is 0 Å². The lowest BCUT2D eigenvalue weighted by Gasteiger charge is -2.17. The number of benzene rings is 2. The number of imidazole rings is 1. The van der Waals surface area contributed by atoms with E-state index in [-0.39, 0.29) is 6.04 Å². The van der Waals surface area contributed by atoms with Crippen molar-refractivity contribution in [3.63, 3.8) is 0 Å². The molecule has 0 amide bonds. The standard InChI is InChI=1S/C17H19N3/c1-2-9-18-16(17-19-10-11-20-17)15-8-7-13-5-3-4-6-14(13)12-15/h3-8,10-12,16,18H,2,9H2,1H3,(H,19,20). The van der Waals surface area contributed by atoms with Gasteiger partial charge in [0, 0.05) is 12.4 Å². The number of H-pyrrole nitrogens is 1. The van der Waals surface area contributed by atoms with E-state index in [1.54, 1.807) is 6.20 Å². The van der Waals surface area contributed by atoms with Crippen molar-refractivity contribution in [1.82, 2.24) is 15.3 Å². The van der Waals surface area contributed by atoms with E-state index in [4.69, 9.17) is 0 Å². The van der Waals surface area contributed by atoms with Gasteiger partial charge in [-0.1, -0.05) is 43.3 Å². The molecule has 1 heterocycles. The van der Waals surface area contributed by atoms with Gasteiger partial charge < -0.3 is 10.3 Å². The zero-order valence-electron chi connectivity index (χ0n) is 11.6. The number of aromatic amines is 1. The molecule has 0 saturated heterocycles. The van der Waals surface area contributed by atoms with Crippen LogP contribution < -0.4 is 5.32 Å². The van der Waals surface area contributed by atoms with E-state index in [0.29, 0.717) is 0 Å². The third kappa shape index (κ3) is 2.58. The van der Waals surface area contributed by atoms with Gasteiger partial charge in [-0.3, -0.25) is 0 Å². The molecule has 0 saturated carbocycles. The lowest BCUT2D eigenvalue weighted by molar-refractivity contribution is 0.577. The summed E-state index contributed by atoms with van der Waals surface area (Å²) in [6.07, 6.45) is 4.78. The summed E-state index contributed by atoms with van der Waals surface area (Å²) in [5.74, 6) is 0.966. The molecule has 1 unspecified atom stereocenters. The second-order valence-corrected chi connectivity index (χ2v) is 4.97. The van der Waals surface area contributed by atoms with Crippen LogP contribution in [0.15, 0.2) is 54.9 Å². The Morgan fingerprint density at radius 3 is 2.75 bits per heavy atom. The molecular formula is C17H19N3. The van der Waals surface area contributed by atoms with Crippen LogP contribution >= 0.6 is 0 Å². The summed E-state index contributed by atoms with van der Waals surface area (Å²) in [7, 11) is 0. The summed E-state index contributed by atoms with van der Waals surface area (Å²) < 4.78 is 0. The fourth-order valence-corrected chi connectivity index (χ4v) is 2.48. The van der Waals surface area contributed by atoms with Gasteiger partial charge in [-0.25, -0.2) is 4.98 Å². The molecule has 0 radical (unpaired) electrons. The smallest absolute Gasteiger partial charge is 0.127 e. The van der Waals surface area contributed by atoms with E-state index in [1.807, 2.05) is 6.20 Å². The topological polar surface area (TPSA) is 40.7 Å². The van der Waals surface area contributed by atoms with Gasteiger partial charge in [0.25, 0.3) is 0 Å². The number of fused-ring (bicyclic) bond motifs is 1. The van der Waals surface area contributed by atoms with Crippen LogP contribution in [0.3, 0.4) is 0 Å². The Labute approximate surface area is 119 Å². The molecular weight excluding hydrogens is 246 g/mol. The van der Waals surface area contributed by atoms with Crippen molar-refractivity contribution in [2.24, 2.45) is 0 Å². The number of nitrogens with one attached hydrogen (secondary N) is 2. The Bertz CT molecular complexity index is 674. The molecule has 0 aliphatic heterocycles. The fourth-order valence-electron chi connectivity index (χ4n) is 2.48. The fraction of sp³-hybridized carbons (Fsp3) is 0.235. The lowest BCUT2D eigenvalue weighted by Crippen LogP contribution is -2.24. The largest absolute Gasteiger partial charge is 0.347 e. The van der Waals surface area contributed by atoms with Crippen molar-refractivity contribution < 1.29 is 0 Å². The number of hydrogen-bond donors (Lipinski definition) is 2. The van der Waals surface area contributed by atoms with Crippen molar-refractivity contribution in [3.05, 3.63) is 66.2 Å². The maximum Gasteiger partial charge on any atom is 0.127 e. The Balaban J connectivity index is 1.99. The Morgan fingerprint density at radius 1 is 1.15 bits per heavy atom. The Morgan fingerprint density at radius 2 is 2.00 bits per heavy atom. The summed E-state index contributed by atoms with van der Waals surface area (Å²) in [6, 6.07) is 15.2. The first-order valence-electron chi connectivity index (χ1n) is 7.10. The van der Waals surface area contributed by atoms with Gasteiger partial charge >= 0.3 is 0 Å². The Hall–Kier alpha value is -2.13. The van der Waals surface area contributed by atoms with Crippen LogP contribution in [0, 0.1) is 0 Å². The molecule has 3 rings (SSSR count). The highest BCUT2D eigenvalue weighted by molar-refractivity contribution is 5.83. The van der Waals surface area contributed by atoms with Crippen molar-refractivity contribution >= 4 is 10.8 Å². The molecule has 102 valence electrons. The van der Waals surface area contributed by atoms with Gasteiger partial charge in [0.05, 0.1) is 6.04 Å². The number of nitrogens with zero attached hydrogens (tertiary/aromatic N) is 1. The molecule has 1 atom stereocenters. The van der Waals surface area contributed by atoms with E-state index < -0.39 is 0 Å². The molecule has 3 nitrogen and oxygen atoms in total. The van der Waals surface area contributed by atoms with E-state index in [2.05, 4.69) is 64.7 Å². The highest BCUT2D eigenvalue weighted by atomic mass is 15.0. The van der Waals surface area contributed by atoms with Crippen LogP contribution in [0.5, 0.6) is 0 Å². The molecule has 0 fully saturated rings. The van der Waals surface area contributed by atoms with Crippen molar-refractivity contribution in [1.29, 1.82) is 0 Å². The molecule has 0 spiro atoms. The minimum Gasteiger partial charge on any atom is -0.347 e. The highest BCUT2D eigenvalue weighted by Crippen LogP contribution is 2.23. The normalized spacial score (nSPS) is 12.7. The first-order chi connectivity index (χ1) is 9.88. The number of rotatable bonds is 5. The van der Waals surface area contributed by atoms with Crippen LogP contribution in [0.2, 0.25) is 0 Å². The zero-order valence-corrected chi connectivity index (χ0v) is 11.6. The summed E-state index contributed by atoms with van der Waals surface area (Å²) in [5.41, 5.74) is 1.24. The van der Waals surface area contributed by atoms with E-state index >= 15 is 0 Å². The summed E-state index contributed by atoms with van der Waals surface area (Å²) >= 11 is 0. The monoisotopic (exact) mass is 265 g/mol. The van der Waals surface area contributed by atoms with Crippen molar-refractivity contribution in [2.75, 3.05) is 6.54 Å². The third-order valence-corrected chi connectivity index (χ3v) is 3.50. The zero-order chi connectivity index (χ0) is 13.8. The SMILES string of the molecule is CCCNC(c1ccc2ccccc2c1)c1ncc[nH]1. The average molecular weight is 265 g/mol. The van der Waals surface area contributed by atoms with Crippen LogP contribution in [0.25, 0.3) is 10.8 Å². The van der Waals surface area contributed by atoms with Gasteiger partial charge in [0.1, 0.15) is 5.82 Å². The molecule has 20 heavy (non-hydrogen) atoms. The molecule has 1 aromatic heterocycles. The summed E-state index contributed by atoms with van der Waals surface area (Å²) in [5, 5.41) is 6.09. The van der Waals surface area contributed by atoms with Crippen LogP contribution in [0.4, 0.5) is 0 Å². The van der Waals surface area contributed by atoms with Crippen LogP contribution in [0.1, 0.15) is 30.8 Å². The Kier molecular flexibility index (Phi) is 3.79. The lowest BCUT2D eigenvalue weighted by atomic mass is 10.0. The maximum absolute atomic E-state index is 4.41. The first kappa shape index (κ1) is 12.9. The molecule has 0 aliphatic carbocycles. The molecule has 0 bridgehead atoms. The van der Waals surface area contributed by atoms with Gasteiger partial charge in [-0.05, 0) is 35.4 Å². The van der Waals surface area contributed by atoms with Crippen LogP contribution in [-0.2, 0) is 0 Å². The number of hydrogen-bond acceptors (Lipinski definition) is 2. The number of aromatic nitrogens is 2. The van der Waals surface area contributed by atoms with E-state index in [9.17, 15) is 0 Å². The second-order valence-electron chi connectivity index (χ2n) is 4.97. The quantitative estimate of drug-likeness (QED) is 0.739. The predicted octanol–water partition coefficient (Wildman–Crippen LogP) is 3.65. The minimum absolute atomic E-state index is 0.120. The second kappa shape index (κ2) is 5.88. The molecule has 2 aromatic carbocycles. The molecule has 3 heteroatoms. The van der Waals surface area contributed by atoms with E-state index in [1.165, 1.54) is 16.3 Å². The predicted molar refractivity (Wildman–Crippen MR) is 82.7 cm³/mol. The van der Waals surface area contributed by atoms with Crippen molar-refractivity contribution in [3.8, 4) is 0 Å². The van der Waals surface area contributed by atoms with Gasteiger partial charge in [0.15, 0.2) is 0 Å². The molecule has 3 aromatic rings. The van der Waals surface area contributed by atoms with Gasteiger partial charge in [-0.2, -0.15) is 0 Å². The minimum atomic E-state index is 0.120. The molecule has 0 aliphatic rings. The van der Waals surface area contributed by atoms with Crippen molar-refractivity contribution in [2.45, 2.75) is 19.4 Å².